The maximum Gasteiger partial charge on any atom is 0.378 e. The molecule has 1 unspecified atom stereocenters. The summed E-state index contributed by atoms with van der Waals surface area (Å²) < 4.78 is 6.74. The van der Waals surface area contributed by atoms with Gasteiger partial charge in [0.2, 0.25) is 0 Å². The number of nitrogens with zero attached hydrogens (tertiary/aromatic N) is 3. The Labute approximate surface area is 125 Å². The number of para-hydroxylation sites is 1. The lowest BCUT2D eigenvalue weighted by Crippen LogP contribution is -2.08. The highest BCUT2D eigenvalue weighted by molar-refractivity contribution is 5.85. The maximum atomic E-state index is 11.9. The molecular weight excluding hydrogens is 266 g/mol. The molecule has 0 aliphatic rings. The third-order valence-corrected chi connectivity index (χ3v) is 3.25. The minimum Gasteiger partial charge on any atom is -0.460 e. The first-order valence-electron chi connectivity index (χ1n) is 7.36. The molecule has 21 heavy (non-hydrogen) atoms. The number of aromatic nitrogens is 3. The van der Waals surface area contributed by atoms with Crippen molar-refractivity contribution in [2.75, 3.05) is 6.61 Å². The monoisotopic (exact) mass is 287 g/mol. The zero-order valence-electron chi connectivity index (χ0n) is 12.7. The standard InChI is InChI=1S/C16H21N3O2/c1-4-9-12(3)15-17-14(16(20)21-5-2)18-19(15)13-10-7-6-8-11-13/h6-8,10-12H,4-5,9H2,1-3H3. The lowest BCUT2D eigenvalue weighted by atomic mass is 10.1. The van der Waals surface area contributed by atoms with Crippen molar-refractivity contribution in [1.29, 1.82) is 0 Å². The Balaban J connectivity index is 2.43. The van der Waals surface area contributed by atoms with E-state index in [2.05, 4.69) is 23.9 Å². The summed E-state index contributed by atoms with van der Waals surface area (Å²) in [5.74, 6) is 0.674. The molecule has 0 saturated carbocycles. The van der Waals surface area contributed by atoms with E-state index < -0.39 is 5.97 Å². The molecule has 2 aromatic rings. The minimum atomic E-state index is -0.475. The lowest BCUT2D eigenvalue weighted by molar-refractivity contribution is 0.0512. The average molecular weight is 287 g/mol. The van der Waals surface area contributed by atoms with Gasteiger partial charge in [-0.3, -0.25) is 0 Å². The maximum absolute atomic E-state index is 11.9. The molecule has 1 atom stereocenters. The van der Waals surface area contributed by atoms with Crippen LogP contribution in [-0.2, 0) is 4.74 Å². The van der Waals surface area contributed by atoms with Crippen molar-refractivity contribution in [3.8, 4) is 5.69 Å². The smallest absolute Gasteiger partial charge is 0.378 e. The van der Waals surface area contributed by atoms with Crippen molar-refractivity contribution in [1.82, 2.24) is 14.8 Å². The van der Waals surface area contributed by atoms with Crippen molar-refractivity contribution in [3.63, 3.8) is 0 Å². The first-order chi connectivity index (χ1) is 10.2. The Morgan fingerprint density at radius 1 is 1.29 bits per heavy atom. The van der Waals surface area contributed by atoms with Crippen molar-refractivity contribution in [3.05, 3.63) is 42.0 Å². The number of benzene rings is 1. The number of esters is 1. The van der Waals surface area contributed by atoms with Crippen LogP contribution in [0.25, 0.3) is 5.69 Å². The largest absolute Gasteiger partial charge is 0.460 e. The van der Waals surface area contributed by atoms with Gasteiger partial charge in [0.25, 0.3) is 5.82 Å². The summed E-state index contributed by atoms with van der Waals surface area (Å²) in [6, 6.07) is 9.73. The number of hydrogen-bond donors (Lipinski definition) is 0. The van der Waals surface area contributed by atoms with Gasteiger partial charge in [-0.05, 0) is 25.5 Å². The SMILES string of the molecule is CCCC(C)c1nc(C(=O)OCC)nn1-c1ccccc1. The van der Waals surface area contributed by atoms with Gasteiger partial charge in [0.15, 0.2) is 0 Å². The Morgan fingerprint density at radius 2 is 2.00 bits per heavy atom. The van der Waals surface area contributed by atoms with Gasteiger partial charge >= 0.3 is 5.97 Å². The molecule has 0 radical (unpaired) electrons. The van der Waals surface area contributed by atoms with E-state index >= 15 is 0 Å². The molecule has 0 amide bonds. The molecule has 0 bridgehead atoms. The second-order valence-electron chi connectivity index (χ2n) is 4.95. The van der Waals surface area contributed by atoms with Crippen LogP contribution in [0.3, 0.4) is 0 Å². The number of rotatable bonds is 6. The quantitative estimate of drug-likeness (QED) is 0.764. The van der Waals surface area contributed by atoms with E-state index in [-0.39, 0.29) is 11.7 Å². The fourth-order valence-electron chi connectivity index (χ4n) is 2.25. The lowest BCUT2D eigenvalue weighted by Gasteiger charge is -2.11. The highest BCUT2D eigenvalue weighted by Gasteiger charge is 2.21. The molecule has 0 aliphatic heterocycles. The molecule has 1 heterocycles. The zero-order valence-corrected chi connectivity index (χ0v) is 12.7. The zero-order chi connectivity index (χ0) is 15.2. The van der Waals surface area contributed by atoms with Crippen molar-refractivity contribution in [2.45, 2.75) is 39.5 Å². The topological polar surface area (TPSA) is 57.0 Å². The molecule has 5 heteroatoms. The molecule has 0 spiro atoms. The van der Waals surface area contributed by atoms with Gasteiger partial charge in [-0.2, -0.15) is 0 Å². The third kappa shape index (κ3) is 3.48. The molecule has 5 nitrogen and oxygen atoms in total. The van der Waals surface area contributed by atoms with Crippen LogP contribution < -0.4 is 0 Å². The fraction of sp³-hybridized carbons (Fsp3) is 0.438. The van der Waals surface area contributed by atoms with Crippen LogP contribution >= 0.6 is 0 Å². The molecular formula is C16H21N3O2. The van der Waals surface area contributed by atoms with Crippen LogP contribution in [0.15, 0.2) is 30.3 Å². The first-order valence-corrected chi connectivity index (χ1v) is 7.36. The van der Waals surface area contributed by atoms with Crippen LogP contribution in [0.5, 0.6) is 0 Å². The molecule has 0 saturated heterocycles. The number of ether oxygens (including phenoxy) is 1. The van der Waals surface area contributed by atoms with Gasteiger partial charge in [-0.25, -0.2) is 14.5 Å². The van der Waals surface area contributed by atoms with E-state index in [4.69, 9.17) is 4.74 Å². The summed E-state index contributed by atoms with van der Waals surface area (Å²) in [5, 5.41) is 4.33. The van der Waals surface area contributed by atoms with Crippen LogP contribution in [0.1, 0.15) is 56.0 Å². The third-order valence-electron chi connectivity index (χ3n) is 3.25. The molecule has 112 valence electrons. The highest BCUT2D eigenvalue weighted by Crippen LogP contribution is 2.22. The van der Waals surface area contributed by atoms with Crippen molar-refractivity contribution >= 4 is 5.97 Å². The molecule has 1 aromatic carbocycles. The van der Waals surface area contributed by atoms with E-state index in [1.165, 1.54) is 0 Å². The Kier molecular flexibility index (Phi) is 5.09. The fourth-order valence-corrected chi connectivity index (χ4v) is 2.25. The van der Waals surface area contributed by atoms with Gasteiger partial charge in [0.1, 0.15) is 5.82 Å². The normalized spacial score (nSPS) is 12.1. The molecule has 0 aliphatic carbocycles. The Hall–Kier alpha value is -2.17. The summed E-state index contributed by atoms with van der Waals surface area (Å²) >= 11 is 0. The van der Waals surface area contributed by atoms with Gasteiger partial charge in [-0.1, -0.05) is 38.5 Å². The summed E-state index contributed by atoms with van der Waals surface area (Å²) in [7, 11) is 0. The number of hydrogen-bond acceptors (Lipinski definition) is 4. The summed E-state index contributed by atoms with van der Waals surface area (Å²) in [5.41, 5.74) is 0.901. The van der Waals surface area contributed by atoms with Crippen LogP contribution in [0, 0.1) is 0 Å². The average Bonchev–Trinajstić information content (AvgIpc) is 2.94. The second-order valence-corrected chi connectivity index (χ2v) is 4.95. The predicted octanol–water partition coefficient (Wildman–Crippen LogP) is 3.35. The Bertz CT molecular complexity index is 593. The number of carbonyl (C=O) groups is 1. The van der Waals surface area contributed by atoms with E-state index in [1.54, 1.807) is 11.6 Å². The van der Waals surface area contributed by atoms with Crippen LogP contribution in [-0.4, -0.2) is 27.3 Å². The summed E-state index contributed by atoms with van der Waals surface area (Å²) in [4.78, 5) is 16.3. The summed E-state index contributed by atoms with van der Waals surface area (Å²) in [6.07, 6.45) is 2.05. The molecule has 1 aromatic heterocycles. The minimum absolute atomic E-state index is 0.124. The highest BCUT2D eigenvalue weighted by atomic mass is 16.5. The van der Waals surface area contributed by atoms with E-state index in [0.717, 1.165) is 24.4 Å². The molecule has 0 N–H and O–H groups in total. The molecule has 2 rings (SSSR count). The van der Waals surface area contributed by atoms with E-state index in [1.807, 2.05) is 30.3 Å². The van der Waals surface area contributed by atoms with E-state index in [9.17, 15) is 4.79 Å². The number of carbonyl (C=O) groups excluding carboxylic acids is 1. The molecule has 0 fully saturated rings. The predicted molar refractivity (Wildman–Crippen MR) is 80.6 cm³/mol. The second kappa shape index (κ2) is 7.02. The first kappa shape index (κ1) is 15.2. The van der Waals surface area contributed by atoms with Gasteiger partial charge in [0, 0.05) is 5.92 Å². The van der Waals surface area contributed by atoms with E-state index in [0.29, 0.717) is 6.61 Å². The van der Waals surface area contributed by atoms with Crippen molar-refractivity contribution < 1.29 is 9.53 Å². The van der Waals surface area contributed by atoms with Gasteiger partial charge in [-0.15, -0.1) is 5.10 Å². The van der Waals surface area contributed by atoms with Gasteiger partial charge < -0.3 is 4.74 Å². The van der Waals surface area contributed by atoms with Crippen LogP contribution in [0.4, 0.5) is 0 Å². The van der Waals surface area contributed by atoms with Crippen molar-refractivity contribution in [2.24, 2.45) is 0 Å². The van der Waals surface area contributed by atoms with Crippen LogP contribution in [0.2, 0.25) is 0 Å². The summed E-state index contributed by atoms with van der Waals surface area (Å²) in [6.45, 7) is 6.32. The van der Waals surface area contributed by atoms with Gasteiger partial charge in [0.05, 0.1) is 12.3 Å². The Morgan fingerprint density at radius 3 is 2.62 bits per heavy atom.